The molecule has 2 heterocycles. The minimum atomic E-state index is 0. The minimum absolute atomic E-state index is 0. The van der Waals surface area contributed by atoms with E-state index in [0.29, 0.717) is 5.56 Å². The number of hydrazine groups is 1. The number of H-pyrrole nitrogens is 1. The molecular weight excluding hydrogens is 290 g/mol. The Bertz CT molecular complexity index is 656. The van der Waals surface area contributed by atoms with Crippen LogP contribution in [0.3, 0.4) is 0 Å². The fourth-order valence-corrected chi connectivity index (χ4v) is 3.32. The van der Waals surface area contributed by atoms with Crippen LogP contribution in [0.1, 0.15) is 42.5 Å². The molecule has 1 aromatic carbocycles. The summed E-state index contributed by atoms with van der Waals surface area (Å²) in [5.41, 5.74) is 5.79. The molecule has 1 amide bonds. The topological polar surface area (TPSA) is 73.9 Å². The number of benzene rings is 1. The molecule has 6 nitrogen and oxygen atoms in total. The zero-order valence-electron chi connectivity index (χ0n) is 11.6. The third-order valence-electron chi connectivity index (χ3n) is 4.46. The monoisotopic (exact) mass is 307 g/mol. The molecule has 1 aliphatic heterocycles. The summed E-state index contributed by atoms with van der Waals surface area (Å²) in [6.07, 6.45) is 6.21. The minimum Gasteiger partial charge on any atom is -0.271 e. The van der Waals surface area contributed by atoms with Gasteiger partial charge in [-0.1, -0.05) is 24.5 Å². The Kier molecular flexibility index (Phi) is 3.59. The Morgan fingerprint density at radius 3 is 2.76 bits per heavy atom. The Morgan fingerprint density at radius 1 is 1.24 bits per heavy atom. The number of aromatic amines is 1. The van der Waals surface area contributed by atoms with Gasteiger partial charge in [0.05, 0.1) is 17.6 Å². The van der Waals surface area contributed by atoms with Crippen molar-refractivity contribution in [1.82, 2.24) is 25.8 Å². The lowest BCUT2D eigenvalue weighted by molar-refractivity contribution is -0.0341. The lowest BCUT2D eigenvalue weighted by atomic mass is 9.79. The number of rotatable bonds is 1. The van der Waals surface area contributed by atoms with Gasteiger partial charge in [-0.25, -0.2) is 5.43 Å². The maximum atomic E-state index is 12.4. The summed E-state index contributed by atoms with van der Waals surface area (Å²) in [7, 11) is 0. The first kappa shape index (κ1) is 14.3. The molecular formula is C14H18ClN5O. The lowest BCUT2D eigenvalue weighted by Crippen LogP contribution is -2.73. The highest BCUT2D eigenvalue weighted by atomic mass is 35.5. The summed E-state index contributed by atoms with van der Waals surface area (Å²) in [4.78, 5) is 12.4. The summed E-state index contributed by atoms with van der Waals surface area (Å²) in [5, 5.41) is 12.2. The Hall–Kier alpha value is -1.66. The van der Waals surface area contributed by atoms with E-state index in [9.17, 15) is 4.79 Å². The van der Waals surface area contributed by atoms with Crippen LogP contribution in [0, 0.1) is 0 Å². The molecule has 2 aromatic rings. The standard InChI is InChI=1S/C14H17N5O.ClH/c20-13(10-4-5-11-12(8-10)16-18-15-11)19-9-14(17-19)6-2-1-3-7-14;/h4-5,8,17H,1-3,6-7,9H2,(H,15,16,18);1H. The number of hydrogen-bond acceptors (Lipinski definition) is 4. The van der Waals surface area contributed by atoms with Crippen molar-refractivity contribution in [2.75, 3.05) is 6.54 Å². The summed E-state index contributed by atoms with van der Waals surface area (Å²) in [6, 6.07) is 5.45. The third-order valence-corrected chi connectivity index (χ3v) is 4.46. The summed E-state index contributed by atoms with van der Waals surface area (Å²) < 4.78 is 0. The molecule has 21 heavy (non-hydrogen) atoms. The Balaban J connectivity index is 0.00000132. The molecule has 1 aliphatic carbocycles. The quantitative estimate of drug-likeness (QED) is 0.845. The van der Waals surface area contributed by atoms with Gasteiger partial charge in [0.15, 0.2) is 0 Å². The maximum Gasteiger partial charge on any atom is 0.268 e. The Morgan fingerprint density at radius 2 is 2.00 bits per heavy atom. The molecule has 1 spiro atoms. The van der Waals surface area contributed by atoms with E-state index in [-0.39, 0.29) is 23.9 Å². The number of fused-ring (bicyclic) bond motifs is 1. The van der Waals surface area contributed by atoms with E-state index >= 15 is 0 Å². The van der Waals surface area contributed by atoms with E-state index < -0.39 is 0 Å². The fourth-order valence-electron chi connectivity index (χ4n) is 3.32. The van der Waals surface area contributed by atoms with Crippen molar-refractivity contribution >= 4 is 29.3 Å². The highest BCUT2D eigenvalue weighted by molar-refractivity contribution is 5.97. The molecule has 2 aliphatic rings. The van der Waals surface area contributed by atoms with Gasteiger partial charge >= 0.3 is 0 Å². The first-order valence-corrected chi connectivity index (χ1v) is 7.16. The highest BCUT2D eigenvalue weighted by Crippen LogP contribution is 2.34. The predicted octanol–water partition coefficient (Wildman–Crippen LogP) is 2.04. The van der Waals surface area contributed by atoms with Crippen LogP contribution in [0.25, 0.3) is 11.0 Å². The number of amides is 1. The number of nitrogens with one attached hydrogen (secondary N) is 2. The Labute approximate surface area is 128 Å². The van der Waals surface area contributed by atoms with E-state index in [2.05, 4.69) is 20.8 Å². The summed E-state index contributed by atoms with van der Waals surface area (Å²) in [6.45, 7) is 0.822. The smallest absolute Gasteiger partial charge is 0.268 e. The molecule has 112 valence electrons. The average Bonchev–Trinajstić information content (AvgIpc) is 2.92. The van der Waals surface area contributed by atoms with Crippen LogP contribution in [-0.2, 0) is 0 Å². The largest absolute Gasteiger partial charge is 0.271 e. The van der Waals surface area contributed by atoms with Crippen LogP contribution in [0.2, 0.25) is 0 Å². The SMILES string of the molecule is Cl.O=C(c1ccc2[nH]nnc2c1)N1CC2(CCCCC2)N1. The molecule has 0 radical (unpaired) electrons. The van der Waals surface area contributed by atoms with Gasteiger partial charge in [-0.15, -0.1) is 17.5 Å². The molecule has 1 saturated heterocycles. The van der Waals surface area contributed by atoms with Gasteiger partial charge in [0, 0.05) is 5.56 Å². The third kappa shape index (κ3) is 2.38. The second kappa shape index (κ2) is 5.27. The predicted molar refractivity (Wildman–Crippen MR) is 81.1 cm³/mol. The van der Waals surface area contributed by atoms with Gasteiger partial charge in [0.1, 0.15) is 5.52 Å². The van der Waals surface area contributed by atoms with E-state index in [1.165, 1.54) is 32.1 Å². The van der Waals surface area contributed by atoms with Crippen LogP contribution in [0.4, 0.5) is 0 Å². The molecule has 1 saturated carbocycles. The second-order valence-corrected chi connectivity index (χ2v) is 5.89. The number of halogens is 1. The normalized spacial score (nSPS) is 20.1. The van der Waals surface area contributed by atoms with Gasteiger partial charge < -0.3 is 0 Å². The van der Waals surface area contributed by atoms with Gasteiger partial charge in [0.2, 0.25) is 0 Å². The van der Waals surface area contributed by atoms with Gasteiger partial charge in [-0.3, -0.25) is 14.9 Å². The number of aromatic nitrogens is 3. The highest BCUT2D eigenvalue weighted by Gasteiger charge is 2.45. The van der Waals surface area contributed by atoms with Crippen LogP contribution < -0.4 is 5.43 Å². The molecule has 1 aromatic heterocycles. The van der Waals surface area contributed by atoms with Gasteiger partial charge in [0.25, 0.3) is 5.91 Å². The molecule has 2 fully saturated rings. The van der Waals surface area contributed by atoms with E-state index in [1.54, 1.807) is 11.1 Å². The molecule has 0 atom stereocenters. The zero-order valence-corrected chi connectivity index (χ0v) is 12.4. The van der Waals surface area contributed by atoms with Crippen LogP contribution >= 0.6 is 12.4 Å². The average molecular weight is 308 g/mol. The van der Waals surface area contributed by atoms with Crippen molar-refractivity contribution < 1.29 is 4.79 Å². The lowest BCUT2D eigenvalue weighted by Gasteiger charge is -2.53. The van der Waals surface area contributed by atoms with Crippen LogP contribution in [0.15, 0.2) is 18.2 Å². The second-order valence-electron chi connectivity index (χ2n) is 5.89. The van der Waals surface area contributed by atoms with Crippen molar-refractivity contribution in [2.24, 2.45) is 0 Å². The molecule has 7 heteroatoms. The van der Waals surface area contributed by atoms with Crippen molar-refractivity contribution in [1.29, 1.82) is 0 Å². The van der Waals surface area contributed by atoms with Gasteiger partial charge in [-0.05, 0) is 31.0 Å². The van der Waals surface area contributed by atoms with Crippen LogP contribution in [-0.4, -0.2) is 38.4 Å². The number of hydrogen-bond donors (Lipinski definition) is 2. The summed E-state index contributed by atoms with van der Waals surface area (Å²) >= 11 is 0. The van der Waals surface area contributed by atoms with E-state index in [0.717, 1.165) is 17.6 Å². The zero-order chi connectivity index (χ0) is 13.6. The van der Waals surface area contributed by atoms with Gasteiger partial charge in [-0.2, -0.15) is 0 Å². The fraction of sp³-hybridized carbons (Fsp3) is 0.500. The first-order chi connectivity index (χ1) is 9.76. The number of carbonyl (C=O) groups excluding carboxylic acids is 1. The molecule has 4 rings (SSSR count). The summed E-state index contributed by atoms with van der Waals surface area (Å²) in [5.74, 6) is 0.0195. The van der Waals surface area contributed by atoms with Crippen molar-refractivity contribution in [3.05, 3.63) is 23.8 Å². The first-order valence-electron chi connectivity index (χ1n) is 7.16. The molecule has 0 unspecified atom stereocenters. The molecule has 0 bridgehead atoms. The van der Waals surface area contributed by atoms with Crippen molar-refractivity contribution in [3.63, 3.8) is 0 Å². The van der Waals surface area contributed by atoms with Crippen molar-refractivity contribution in [2.45, 2.75) is 37.6 Å². The number of nitrogens with zero attached hydrogens (tertiary/aromatic N) is 3. The van der Waals surface area contributed by atoms with Crippen molar-refractivity contribution in [3.8, 4) is 0 Å². The number of carbonyl (C=O) groups is 1. The van der Waals surface area contributed by atoms with E-state index in [1.807, 2.05) is 12.1 Å². The van der Waals surface area contributed by atoms with E-state index in [4.69, 9.17) is 0 Å². The molecule has 2 N–H and O–H groups in total. The van der Waals surface area contributed by atoms with Crippen LogP contribution in [0.5, 0.6) is 0 Å². The maximum absolute atomic E-state index is 12.4.